The Bertz CT molecular complexity index is 1180. The van der Waals surface area contributed by atoms with Gasteiger partial charge in [0.25, 0.3) is 5.91 Å². The summed E-state index contributed by atoms with van der Waals surface area (Å²) in [5, 5.41) is 10.3. The van der Waals surface area contributed by atoms with Crippen molar-refractivity contribution in [3.63, 3.8) is 0 Å². The molecule has 28 heavy (non-hydrogen) atoms. The fourth-order valence-electron chi connectivity index (χ4n) is 3.57. The van der Waals surface area contributed by atoms with E-state index in [0.29, 0.717) is 11.2 Å². The van der Waals surface area contributed by atoms with Crippen molar-refractivity contribution < 1.29 is 4.79 Å². The first-order valence-electron chi connectivity index (χ1n) is 8.99. The second-order valence-corrected chi connectivity index (χ2v) is 7.88. The number of amides is 1. The predicted molar refractivity (Wildman–Crippen MR) is 113 cm³/mol. The number of carbonyl (C=O) groups is 1. The van der Waals surface area contributed by atoms with Gasteiger partial charge in [-0.25, -0.2) is 4.98 Å². The lowest BCUT2D eigenvalue weighted by atomic mass is 10.1. The number of anilines is 1. The van der Waals surface area contributed by atoms with Crippen molar-refractivity contribution >= 4 is 34.0 Å². The van der Waals surface area contributed by atoms with Crippen LogP contribution in [0.5, 0.6) is 0 Å². The summed E-state index contributed by atoms with van der Waals surface area (Å²) in [6.45, 7) is 7.73. The zero-order valence-electron chi connectivity index (χ0n) is 16.5. The van der Waals surface area contributed by atoms with E-state index in [1.807, 2.05) is 64.4 Å². The smallest absolute Gasteiger partial charge is 0.256 e. The molecule has 0 atom stereocenters. The molecule has 6 nitrogen and oxygen atoms in total. The van der Waals surface area contributed by atoms with Crippen LogP contribution in [0.4, 0.5) is 5.69 Å². The van der Waals surface area contributed by atoms with Crippen molar-refractivity contribution in [3.8, 4) is 10.6 Å². The number of hydrogen-bond acceptors (Lipinski definition) is 5. The van der Waals surface area contributed by atoms with E-state index in [1.54, 1.807) is 16.0 Å². The maximum atomic E-state index is 13.3. The molecule has 142 valence electrons. The average molecular weight is 392 g/mol. The minimum absolute atomic E-state index is 0.182. The van der Waals surface area contributed by atoms with Crippen LogP contribution in [0.2, 0.25) is 0 Å². The van der Waals surface area contributed by atoms with Crippen molar-refractivity contribution in [1.82, 2.24) is 19.7 Å². The Hall–Kier alpha value is -3.06. The van der Waals surface area contributed by atoms with Gasteiger partial charge in [-0.05, 0) is 56.8 Å². The molecule has 4 aromatic rings. The molecule has 0 aliphatic carbocycles. The van der Waals surface area contributed by atoms with Gasteiger partial charge in [0, 0.05) is 12.7 Å². The fourth-order valence-corrected chi connectivity index (χ4v) is 4.25. The normalized spacial score (nSPS) is 11.2. The number of thiophene rings is 1. The van der Waals surface area contributed by atoms with Gasteiger partial charge < -0.3 is 5.32 Å². The number of pyridine rings is 2. The number of aryl methyl sites for hydroxylation is 5. The number of nitrogens with zero attached hydrogens (tertiary/aromatic N) is 4. The van der Waals surface area contributed by atoms with Gasteiger partial charge in [-0.2, -0.15) is 5.10 Å². The van der Waals surface area contributed by atoms with Gasteiger partial charge in [0.05, 0.1) is 38.6 Å². The highest BCUT2D eigenvalue weighted by Crippen LogP contribution is 2.30. The summed E-state index contributed by atoms with van der Waals surface area (Å²) >= 11 is 1.59. The number of carbonyl (C=O) groups excluding carboxylic acids is 1. The molecule has 4 heterocycles. The van der Waals surface area contributed by atoms with Crippen LogP contribution in [-0.2, 0) is 7.05 Å². The molecule has 0 saturated heterocycles. The molecule has 7 heteroatoms. The van der Waals surface area contributed by atoms with Crippen LogP contribution in [0.15, 0.2) is 29.6 Å². The molecule has 0 spiro atoms. The first-order valence-corrected chi connectivity index (χ1v) is 9.87. The van der Waals surface area contributed by atoms with Crippen LogP contribution in [0.1, 0.15) is 33.0 Å². The van der Waals surface area contributed by atoms with Crippen molar-refractivity contribution in [3.05, 3.63) is 57.9 Å². The lowest BCUT2D eigenvalue weighted by Crippen LogP contribution is -2.15. The number of hydrogen-bond donors (Lipinski definition) is 1. The van der Waals surface area contributed by atoms with Gasteiger partial charge in [0.1, 0.15) is 0 Å². The maximum absolute atomic E-state index is 13.3. The minimum Gasteiger partial charge on any atom is -0.320 e. The molecule has 0 aliphatic heterocycles. The quantitative estimate of drug-likeness (QED) is 0.555. The molecule has 4 aromatic heterocycles. The van der Waals surface area contributed by atoms with Crippen LogP contribution >= 0.6 is 11.3 Å². The summed E-state index contributed by atoms with van der Waals surface area (Å²) in [5.74, 6) is -0.182. The first kappa shape index (κ1) is 18.3. The van der Waals surface area contributed by atoms with Gasteiger partial charge in [-0.1, -0.05) is 6.07 Å². The molecule has 0 radical (unpaired) electrons. The van der Waals surface area contributed by atoms with E-state index in [-0.39, 0.29) is 5.91 Å². The van der Waals surface area contributed by atoms with E-state index < -0.39 is 0 Å². The van der Waals surface area contributed by atoms with E-state index in [9.17, 15) is 4.79 Å². The molecule has 0 aromatic carbocycles. The first-order chi connectivity index (χ1) is 13.3. The highest BCUT2D eigenvalue weighted by molar-refractivity contribution is 7.13. The van der Waals surface area contributed by atoms with E-state index in [1.165, 1.54) is 0 Å². The van der Waals surface area contributed by atoms with Gasteiger partial charge in [-0.15, -0.1) is 11.3 Å². The topological polar surface area (TPSA) is 72.7 Å². The van der Waals surface area contributed by atoms with E-state index >= 15 is 0 Å². The maximum Gasteiger partial charge on any atom is 0.256 e. The molecule has 0 aliphatic rings. The van der Waals surface area contributed by atoms with Gasteiger partial charge in [-0.3, -0.25) is 14.5 Å². The minimum atomic E-state index is -0.182. The highest BCUT2D eigenvalue weighted by atomic mass is 32.1. The Morgan fingerprint density at radius 3 is 2.57 bits per heavy atom. The number of nitrogens with one attached hydrogen (secondary N) is 1. The SMILES string of the molecule is Cc1cc(C)c(NC(=O)c2cc(-c3cccs3)nc3c2c(C)nn3C)c(C)n1. The molecule has 4 rings (SSSR count). The molecule has 0 unspecified atom stereocenters. The summed E-state index contributed by atoms with van der Waals surface area (Å²) in [5.41, 5.74) is 6.29. The van der Waals surface area contributed by atoms with Crippen LogP contribution in [0.3, 0.4) is 0 Å². The number of fused-ring (bicyclic) bond motifs is 1. The third-order valence-corrected chi connectivity index (χ3v) is 5.64. The zero-order chi connectivity index (χ0) is 20.0. The summed E-state index contributed by atoms with van der Waals surface area (Å²) < 4.78 is 1.72. The Balaban J connectivity index is 1.87. The van der Waals surface area contributed by atoms with Crippen molar-refractivity contribution in [2.24, 2.45) is 7.05 Å². The van der Waals surface area contributed by atoms with Crippen molar-refractivity contribution in [1.29, 1.82) is 0 Å². The second-order valence-electron chi connectivity index (χ2n) is 6.94. The van der Waals surface area contributed by atoms with Crippen molar-refractivity contribution in [2.45, 2.75) is 27.7 Å². The lowest BCUT2D eigenvalue weighted by molar-refractivity contribution is 0.102. The monoisotopic (exact) mass is 391 g/mol. The van der Waals surface area contributed by atoms with E-state index in [0.717, 1.165) is 44.3 Å². The Morgan fingerprint density at radius 2 is 1.89 bits per heavy atom. The standard InChI is InChI=1S/C21H21N5OS/c1-11-9-12(2)22-14(4)19(11)24-21(27)15-10-16(17-7-6-8-28-17)23-20-18(15)13(3)25-26(20)5/h6-10H,1-5H3,(H,24,27). The van der Waals surface area contributed by atoms with Crippen LogP contribution in [-0.4, -0.2) is 25.7 Å². The van der Waals surface area contributed by atoms with Crippen molar-refractivity contribution in [2.75, 3.05) is 5.32 Å². The summed E-state index contributed by atoms with van der Waals surface area (Å²) in [7, 11) is 1.85. The fraction of sp³-hybridized carbons (Fsp3) is 0.238. The second kappa shape index (κ2) is 6.83. The summed E-state index contributed by atoms with van der Waals surface area (Å²) in [6.07, 6.45) is 0. The van der Waals surface area contributed by atoms with Gasteiger partial charge in [0.2, 0.25) is 0 Å². The molecular formula is C21H21N5OS. The number of rotatable bonds is 3. The van der Waals surface area contributed by atoms with Crippen LogP contribution < -0.4 is 5.32 Å². The zero-order valence-corrected chi connectivity index (χ0v) is 17.3. The molecule has 0 bridgehead atoms. The van der Waals surface area contributed by atoms with Crippen LogP contribution in [0.25, 0.3) is 21.6 Å². The molecule has 0 saturated carbocycles. The van der Waals surface area contributed by atoms with Gasteiger partial charge >= 0.3 is 0 Å². The van der Waals surface area contributed by atoms with Crippen LogP contribution in [0, 0.1) is 27.7 Å². The largest absolute Gasteiger partial charge is 0.320 e. The Labute approximate surface area is 167 Å². The Kier molecular flexibility index (Phi) is 4.47. The molecule has 1 N–H and O–H groups in total. The average Bonchev–Trinajstić information content (AvgIpc) is 3.26. The predicted octanol–water partition coefficient (Wildman–Crippen LogP) is 4.58. The summed E-state index contributed by atoms with van der Waals surface area (Å²) in [4.78, 5) is 23.5. The van der Waals surface area contributed by atoms with Gasteiger partial charge in [0.15, 0.2) is 5.65 Å². The molecule has 1 amide bonds. The third-order valence-electron chi connectivity index (χ3n) is 4.75. The highest BCUT2D eigenvalue weighted by Gasteiger charge is 2.20. The van der Waals surface area contributed by atoms with E-state index in [4.69, 9.17) is 4.98 Å². The number of aromatic nitrogens is 4. The summed E-state index contributed by atoms with van der Waals surface area (Å²) in [6, 6.07) is 7.80. The molecule has 0 fully saturated rings. The third kappa shape index (κ3) is 3.07. The molecular weight excluding hydrogens is 370 g/mol. The Morgan fingerprint density at radius 1 is 1.11 bits per heavy atom. The lowest BCUT2D eigenvalue weighted by Gasteiger charge is -2.13. The van der Waals surface area contributed by atoms with E-state index in [2.05, 4.69) is 15.4 Å².